The second-order valence-electron chi connectivity index (χ2n) is 8.38. The van der Waals surface area contributed by atoms with Crippen molar-refractivity contribution in [2.45, 2.75) is 32.7 Å². The van der Waals surface area contributed by atoms with Gasteiger partial charge in [-0.2, -0.15) is 5.01 Å². The largest absolute Gasteiger partial charge is 0.273 e. The third kappa shape index (κ3) is 3.98. The summed E-state index contributed by atoms with van der Waals surface area (Å²) >= 11 is 6.29. The Bertz CT molecular complexity index is 1090. The fraction of sp³-hybridized carbons (Fsp3) is 0.348. The fourth-order valence-electron chi connectivity index (χ4n) is 4.51. The molecule has 1 aliphatic heterocycles. The molecule has 4 rings (SSSR count). The summed E-state index contributed by atoms with van der Waals surface area (Å²) in [6.07, 6.45) is 2.07. The van der Waals surface area contributed by atoms with Gasteiger partial charge in [-0.15, -0.1) is 0 Å². The Hall–Kier alpha value is -3.26. The predicted molar refractivity (Wildman–Crippen MR) is 116 cm³/mol. The molecule has 2 aliphatic rings. The number of benzene rings is 2. The number of hydrazine groups is 1. The molecule has 0 spiro atoms. The summed E-state index contributed by atoms with van der Waals surface area (Å²) in [5, 5.41) is 13.5. The Morgan fingerprint density at radius 2 is 1.75 bits per heavy atom. The summed E-state index contributed by atoms with van der Waals surface area (Å²) in [5.74, 6) is -1.91. The van der Waals surface area contributed by atoms with E-state index in [1.807, 2.05) is 0 Å². The van der Waals surface area contributed by atoms with Crippen LogP contribution in [-0.2, 0) is 16.1 Å². The van der Waals surface area contributed by atoms with E-state index in [4.69, 9.17) is 11.6 Å². The van der Waals surface area contributed by atoms with E-state index < -0.39 is 22.7 Å². The zero-order valence-corrected chi connectivity index (χ0v) is 18.2. The lowest BCUT2D eigenvalue weighted by atomic mass is 9.76. The van der Waals surface area contributed by atoms with Crippen molar-refractivity contribution in [3.63, 3.8) is 0 Å². The van der Waals surface area contributed by atoms with Gasteiger partial charge in [-0.05, 0) is 48.9 Å². The van der Waals surface area contributed by atoms with Gasteiger partial charge in [0.15, 0.2) is 0 Å². The standard InChI is InChI=1S/C23H22ClN3O5/c1-14-6-11-18-19(12-14)23(30)26(22(18)29)25(13-16-4-2-3-5-20(16)24)21(28)15-7-9-17(10-8-15)27(31)32/h2-5,7-10,14,18-19H,6,11-13H2,1H3/t14-,18-,19+/m1/s1. The molecular weight excluding hydrogens is 434 g/mol. The van der Waals surface area contributed by atoms with Crippen LogP contribution >= 0.6 is 11.6 Å². The SMILES string of the molecule is C[C@@H]1CC[C@H]2C(=O)N(N(Cc3ccccc3Cl)C(=O)c3ccc([N+](=O)[O-])cc3)C(=O)[C@H]2C1. The lowest BCUT2D eigenvalue weighted by Crippen LogP contribution is -2.49. The minimum atomic E-state index is -0.604. The fourth-order valence-corrected chi connectivity index (χ4v) is 4.70. The molecule has 2 fully saturated rings. The lowest BCUT2D eigenvalue weighted by molar-refractivity contribution is -0.384. The third-order valence-corrected chi connectivity index (χ3v) is 6.61. The van der Waals surface area contributed by atoms with E-state index in [9.17, 15) is 24.5 Å². The third-order valence-electron chi connectivity index (χ3n) is 6.24. The molecule has 0 aromatic heterocycles. The van der Waals surface area contributed by atoms with Gasteiger partial charge < -0.3 is 0 Å². The number of carbonyl (C=O) groups is 3. The van der Waals surface area contributed by atoms with Crippen molar-refractivity contribution in [1.82, 2.24) is 10.0 Å². The van der Waals surface area contributed by atoms with Gasteiger partial charge in [0.2, 0.25) is 0 Å². The maximum atomic E-state index is 13.5. The van der Waals surface area contributed by atoms with Crippen molar-refractivity contribution >= 4 is 35.0 Å². The van der Waals surface area contributed by atoms with Crippen LogP contribution in [0.3, 0.4) is 0 Å². The highest BCUT2D eigenvalue weighted by atomic mass is 35.5. The molecule has 1 heterocycles. The highest BCUT2D eigenvalue weighted by molar-refractivity contribution is 6.31. The number of nitro benzene ring substituents is 1. The second kappa shape index (κ2) is 8.70. The van der Waals surface area contributed by atoms with Crippen molar-refractivity contribution in [1.29, 1.82) is 0 Å². The molecular formula is C23H22ClN3O5. The number of hydrogen-bond acceptors (Lipinski definition) is 5. The molecule has 1 saturated heterocycles. The molecule has 32 heavy (non-hydrogen) atoms. The number of imide groups is 1. The molecule has 0 radical (unpaired) electrons. The van der Waals surface area contributed by atoms with Crippen LogP contribution in [0.5, 0.6) is 0 Å². The van der Waals surface area contributed by atoms with Crippen LogP contribution in [0, 0.1) is 27.9 Å². The molecule has 2 aromatic rings. The van der Waals surface area contributed by atoms with E-state index in [0.717, 1.165) is 16.4 Å². The van der Waals surface area contributed by atoms with Crippen LogP contribution in [0.4, 0.5) is 5.69 Å². The van der Waals surface area contributed by atoms with Gasteiger partial charge in [0.1, 0.15) is 0 Å². The first-order chi connectivity index (χ1) is 15.3. The van der Waals surface area contributed by atoms with E-state index in [0.29, 0.717) is 29.3 Å². The predicted octanol–water partition coefficient (Wildman–Crippen LogP) is 4.23. The van der Waals surface area contributed by atoms with Gasteiger partial charge in [0, 0.05) is 22.7 Å². The highest BCUT2D eigenvalue weighted by Crippen LogP contribution is 2.41. The molecule has 0 bridgehead atoms. The maximum absolute atomic E-state index is 13.5. The second-order valence-corrected chi connectivity index (χ2v) is 8.78. The summed E-state index contributed by atoms with van der Waals surface area (Å²) in [6, 6.07) is 12.0. The van der Waals surface area contributed by atoms with Crippen LogP contribution < -0.4 is 0 Å². The first kappa shape index (κ1) is 22.0. The smallest absolute Gasteiger partial charge is 0.272 e. The summed E-state index contributed by atoms with van der Waals surface area (Å²) < 4.78 is 0. The Balaban J connectivity index is 1.71. The Kier molecular flexibility index (Phi) is 5.97. The molecule has 0 N–H and O–H groups in total. The molecule has 166 valence electrons. The summed E-state index contributed by atoms with van der Waals surface area (Å²) in [4.78, 5) is 50.4. The molecule has 1 saturated carbocycles. The Labute approximate surface area is 189 Å². The molecule has 9 heteroatoms. The first-order valence-electron chi connectivity index (χ1n) is 10.5. The molecule has 8 nitrogen and oxygen atoms in total. The number of amides is 3. The highest BCUT2D eigenvalue weighted by Gasteiger charge is 2.52. The quantitative estimate of drug-likeness (QED) is 0.381. The van der Waals surface area contributed by atoms with Crippen molar-refractivity contribution < 1.29 is 19.3 Å². The van der Waals surface area contributed by atoms with Crippen molar-refractivity contribution in [3.8, 4) is 0 Å². The van der Waals surface area contributed by atoms with Crippen LogP contribution in [-0.4, -0.2) is 32.7 Å². The minimum absolute atomic E-state index is 0.0814. The van der Waals surface area contributed by atoms with Crippen LogP contribution in [0.1, 0.15) is 42.1 Å². The molecule has 1 aliphatic carbocycles. The number of non-ortho nitro benzene ring substituents is 1. The van der Waals surface area contributed by atoms with Gasteiger partial charge in [-0.3, -0.25) is 24.5 Å². The van der Waals surface area contributed by atoms with Crippen LogP contribution in [0.2, 0.25) is 5.02 Å². The van der Waals surface area contributed by atoms with Gasteiger partial charge in [0.25, 0.3) is 23.4 Å². The van der Waals surface area contributed by atoms with Crippen molar-refractivity contribution in [3.05, 3.63) is 74.8 Å². The minimum Gasteiger partial charge on any atom is -0.272 e. The number of rotatable bonds is 5. The number of carbonyl (C=O) groups excluding carboxylic acids is 3. The average Bonchev–Trinajstić information content (AvgIpc) is 3.02. The number of hydrogen-bond donors (Lipinski definition) is 0. The first-order valence-corrected chi connectivity index (χ1v) is 10.8. The Morgan fingerprint density at radius 3 is 2.41 bits per heavy atom. The monoisotopic (exact) mass is 455 g/mol. The molecule has 3 amide bonds. The van der Waals surface area contributed by atoms with E-state index in [-0.39, 0.29) is 29.6 Å². The zero-order chi connectivity index (χ0) is 23.0. The van der Waals surface area contributed by atoms with E-state index in [1.54, 1.807) is 24.3 Å². The Morgan fingerprint density at radius 1 is 1.09 bits per heavy atom. The van der Waals surface area contributed by atoms with E-state index in [2.05, 4.69) is 6.92 Å². The van der Waals surface area contributed by atoms with Crippen LogP contribution in [0.25, 0.3) is 0 Å². The number of nitro groups is 1. The topological polar surface area (TPSA) is 101 Å². The van der Waals surface area contributed by atoms with Gasteiger partial charge >= 0.3 is 0 Å². The number of fused-ring (bicyclic) bond motifs is 1. The maximum Gasteiger partial charge on any atom is 0.273 e. The van der Waals surface area contributed by atoms with Crippen molar-refractivity contribution in [2.24, 2.45) is 17.8 Å². The molecule has 3 atom stereocenters. The van der Waals surface area contributed by atoms with Gasteiger partial charge in [0.05, 0.1) is 23.3 Å². The van der Waals surface area contributed by atoms with Crippen molar-refractivity contribution in [2.75, 3.05) is 0 Å². The summed E-state index contributed by atoms with van der Waals surface area (Å²) in [7, 11) is 0. The number of halogens is 1. The van der Waals surface area contributed by atoms with Gasteiger partial charge in [-0.25, -0.2) is 5.01 Å². The molecule has 0 unspecified atom stereocenters. The molecule has 2 aromatic carbocycles. The van der Waals surface area contributed by atoms with E-state index in [1.165, 1.54) is 24.3 Å². The van der Waals surface area contributed by atoms with Gasteiger partial charge in [-0.1, -0.05) is 36.7 Å². The zero-order valence-electron chi connectivity index (χ0n) is 17.4. The summed E-state index contributed by atoms with van der Waals surface area (Å²) in [6.45, 7) is 1.97. The summed E-state index contributed by atoms with van der Waals surface area (Å²) in [5.41, 5.74) is 0.548. The number of nitrogens with zero attached hydrogens (tertiary/aromatic N) is 3. The lowest BCUT2D eigenvalue weighted by Gasteiger charge is -2.31. The van der Waals surface area contributed by atoms with E-state index >= 15 is 0 Å². The normalized spacial score (nSPS) is 22.6. The van der Waals surface area contributed by atoms with Crippen LogP contribution in [0.15, 0.2) is 48.5 Å². The average molecular weight is 456 g/mol.